The molecule has 3 aliphatic rings. The molecule has 3 N–H and O–H groups in total. The molecule has 0 radical (unpaired) electrons. The van der Waals surface area contributed by atoms with Crippen molar-refractivity contribution in [2.75, 3.05) is 13.7 Å². The summed E-state index contributed by atoms with van der Waals surface area (Å²) >= 11 is 0. The number of nitrogens with one attached hydrogen (secondary N) is 3. The zero-order valence-corrected chi connectivity index (χ0v) is 33.9. The number of rotatable bonds is 16. The molecule has 1 aromatic carbocycles. The highest BCUT2D eigenvalue weighted by Crippen LogP contribution is 2.49. The third kappa shape index (κ3) is 10.2. The van der Waals surface area contributed by atoms with E-state index >= 15 is 0 Å². The molecule has 2 aliphatic carbocycles. The SMILES string of the molecule is C=C(C)C1CC1(NC(=O)C1CC(Oc2nccc3cc(OC)ccc23)CN1C(=O)C(CCC(=O)C=CC(C)C)NC(=O)OC(C)(C)C)C(=O)NS(=O)(=O)C1CC1. The highest BCUT2D eigenvalue weighted by atomic mass is 32.2. The Kier molecular flexibility index (Phi) is 12.5. The maximum atomic E-state index is 14.6. The smallest absolute Gasteiger partial charge is 0.408 e. The van der Waals surface area contributed by atoms with Gasteiger partial charge in [-0.3, -0.25) is 23.9 Å². The van der Waals surface area contributed by atoms with Gasteiger partial charge >= 0.3 is 6.09 Å². The fraction of sp³-hybridized carbons (Fsp3) is 0.550. The number of ether oxygens (including phenoxy) is 3. The van der Waals surface area contributed by atoms with Crippen molar-refractivity contribution in [3.8, 4) is 11.6 Å². The van der Waals surface area contributed by atoms with Crippen molar-refractivity contribution >= 4 is 50.4 Å². The molecule has 2 aromatic rings. The Morgan fingerprint density at radius 3 is 2.45 bits per heavy atom. The Hall–Kier alpha value is -4.99. The highest BCUT2D eigenvalue weighted by Gasteiger charge is 2.63. The second-order valence-corrected chi connectivity index (χ2v) is 18.2. The minimum absolute atomic E-state index is 0.0448. The zero-order valence-electron chi connectivity index (χ0n) is 33.0. The van der Waals surface area contributed by atoms with Crippen LogP contribution in [0.25, 0.3) is 10.8 Å². The second-order valence-electron chi connectivity index (χ2n) is 16.2. The van der Waals surface area contributed by atoms with Crippen molar-refractivity contribution in [3.63, 3.8) is 0 Å². The Morgan fingerprint density at radius 1 is 1.12 bits per heavy atom. The summed E-state index contributed by atoms with van der Waals surface area (Å²) in [6.45, 7) is 14.4. The van der Waals surface area contributed by atoms with Crippen LogP contribution in [0.15, 0.2) is 54.8 Å². The number of nitrogens with zero attached hydrogens (tertiary/aromatic N) is 2. The summed E-state index contributed by atoms with van der Waals surface area (Å²) in [5.41, 5.74) is -1.94. The summed E-state index contributed by atoms with van der Waals surface area (Å²) in [4.78, 5) is 74.2. The summed E-state index contributed by atoms with van der Waals surface area (Å²) in [5.74, 6) is -2.10. The first-order valence-corrected chi connectivity index (χ1v) is 20.4. The lowest BCUT2D eigenvalue weighted by Gasteiger charge is -2.30. The molecule has 3 fully saturated rings. The van der Waals surface area contributed by atoms with E-state index in [0.29, 0.717) is 29.6 Å². The molecule has 2 heterocycles. The number of carbonyl (C=O) groups excluding carboxylic acids is 5. The first-order chi connectivity index (χ1) is 26.2. The lowest BCUT2D eigenvalue weighted by Crippen LogP contribution is -2.58. The van der Waals surface area contributed by atoms with E-state index in [-0.39, 0.29) is 49.8 Å². The number of methoxy groups -OCH3 is 1. The Morgan fingerprint density at radius 2 is 1.84 bits per heavy atom. The lowest BCUT2D eigenvalue weighted by molar-refractivity contribution is -0.141. The first-order valence-electron chi connectivity index (χ1n) is 18.9. The van der Waals surface area contributed by atoms with Crippen molar-refractivity contribution in [2.45, 2.75) is 115 Å². The van der Waals surface area contributed by atoms with Gasteiger partial charge in [-0.15, -0.1) is 0 Å². The van der Waals surface area contributed by atoms with Crippen LogP contribution in [0.1, 0.15) is 80.1 Å². The third-order valence-corrected chi connectivity index (χ3v) is 11.7. The molecule has 5 atom stereocenters. The van der Waals surface area contributed by atoms with E-state index in [2.05, 4.69) is 26.9 Å². The highest BCUT2D eigenvalue weighted by molar-refractivity contribution is 7.91. The van der Waals surface area contributed by atoms with Gasteiger partial charge in [-0.1, -0.05) is 32.1 Å². The van der Waals surface area contributed by atoms with Crippen molar-refractivity contribution in [1.82, 2.24) is 25.2 Å². The van der Waals surface area contributed by atoms with Gasteiger partial charge in [0, 0.05) is 30.3 Å². The molecule has 1 aromatic heterocycles. The monoisotopic (exact) mass is 795 g/mol. The van der Waals surface area contributed by atoms with Crippen LogP contribution in [0.3, 0.4) is 0 Å². The number of ketones is 1. The predicted molar refractivity (Wildman–Crippen MR) is 208 cm³/mol. The average Bonchev–Trinajstić information content (AvgIpc) is 4.04. The molecule has 304 valence electrons. The van der Waals surface area contributed by atoms with Crippen molar-refractivity contribution in [1.29, 1.82) is 0 Å². The fourth-order valence-corrected chi connectivity index (χ4v) is 8.11. The molecule has 5 unspecified atom stereocenters. The molecule has 56 heavy (non-hydrogen) atoms. The maximum absolute atomic E-state index is 14.6. The standard InChI is InChI=1S/C40H53N5O10S/c1-23(2)9-10-26(46)11-16-32(42-38(50)55-39(5,6)7)36(48)45-22-28(54-35-30-15-12-27(53-8)19-25(30)17-18-41-35)20-33(45)34(47)43-40(21-31(40)24(3)4)37(49)44-56(51,52)29-13-14-29/h9-10,12,15,17-19,23,28-29,31-33H,3,11,13-14,16,20-22H2,1-2,4-8H3,(H,42,50)(H,43,47)(H,44,49). The molecule has 0 spiro atoms. The van der Waals surface area contributed by atoms with Crippen LogP contribution in [0, 0.1) is 11.8 Å². The van der Waals surface area contributed by atoms with E-state index in [4.69, 9.17) is 14.2 Å². The summed E-state index contributed by atoms with van der Waals surface area (Å²) < 4.78 is 44.9. The largest absolute Gasteiger partial charge is 0.497 e. The Balaban J connectivity index is 1.46. The van der Waals surface area contributed by atoms with Crippen LogP contribution in [-0.2, 0) is 33.9 Å². The minimum Gasteiger partial charge on any atom is -0.497 e. The molecule has 1 aliphatic heterocycles. The van der Waals surface area contributed by atoms with Crippen molar-refractivity contribution in [2.24, 2.45) is 11.8 Å². The van der Waals surface area contributed by atoms with Gasteiger partial charge in [0.05, 0.1) is 18.9 Å². The zero-order chi connectivity index (χ0) is 41.2. The van der Waals surface area contributed by atoms with Gasteiger partial charge in [-0.2, -0.15) is 0 Å². The summed E-state index contributed by atoms with van der Waals surface area (Å²) in [5, 5.41) is 6.16. The molecule has 0 bridgehead atoms. The predicted octanol–water partition coefficient (Wildman–Crippen LogP) is 4.11. The fourth-order valence-electron chi connectivity index (χ4n) is 6.75. The van der Waals surface area contributed by atoms with Crippen LogP contribution in [-0.4, -0.2) is 96.1 Å². The van der Waals surface area contributed by atoms with E-state index in [1.807, 2.05) is 19.9 Å². The van der Waals surface area contributed by atoms with Crippen LogP contribution in [0.5, 0.6) is 11.6 Å². The van der Waals surface area contributed by atoms with Crippen molar-refractivity contribution in [3.05, 3.63) is 54.8 Å². The second kappa shape index (κ2) is 16.6. The number of benzene rings is 1. The van der Waals surface area contributed by atoms with E-state index < -0.39 is 74.3 Å². The van der Waals surface area contributed by atoms with Gasteiger partial charge in [-0.25, -0.2) is 18.2 Å². The van der Waals surface area contributed by atoms with Crippen LogP contribution in [0.4, 0.5) is 4.79 Å². The normalized spacial score (nSPS) is 22.7. The quantitative estimate of drug-likeness (QED) is 0.163. The third-order valence-electron chi connectivity index (χ3n) is 9.90. The summed E-state index contributed by atoms with van der Waals surface area (Å²) in [6.07, 6.45) is 3.79. The van der Waals surface area contributed by atoms with Crippen LogP contribution < -0.4 is 24.8 Å². The van der Waals surface area contributed by atoms with Gasteiger partial charge in [0.15, 0.2) is 5.78 Å². The lowest BCUT2D eigenvalue weighted by atomic mass is 10.0. The molecule has 2 saturated carbocycles. The number of allylic oxidation sites excluding steroid dienone is 2. The Labute approximate surface area is 328 Å². The van der Waals surface area contributed by atoms with Gasteiger partial charge in [-0.05, 0) is 95.0 Å². The van der Waals surface area contributed by atoms with Crippen LogP contribution in [0.2, 0.25) is 0 Å². The van der Waals surface area contributed by atoms with Gasteiger partial charge in [0.1, 0.15) is 35.1 Å². The number of aromatic nitrogens is 1. The Bertz CT molecular complexity index is 2020. The number of hydrogen-bond acceptors (Lipinski definition) is 11. The number of hydrogen-bond donors (Lipinski definition) is 3. The average molecular weight is 796 g/mol. The number of carbonyl (C=O) groups is 5. The number of amides is 4. The van der Waals surface area contributed by atoms with Crippen molar-refractivity contribution < 1.29 is 46.6 Å². The molecule has 16 heteroatoms. The minimum atomic E-state index is -3.95. The number of pyridine rings is 1. The van der Waals surface area contributed by atoms with Crippen LogP contribution >= 0.6 is 0 Å². The molecular formula is C40H53N5O10S. The summed E-state index contributed by atoms with van der Waals surface area (Å²) in [6, 6.07) is 4.62. The van der Waals surface area contributed by atoms with E-state index in [0.717, 1.165) is 5.39 Å². The molecule has 1 saturated heterocycles. The molecule has 15 nitrogen and oxygen atoms in total. The van der Waals surface area contributed by atoms with E-state index in [1.165, 1.54) is 11.0 Å². The number of likely N-dealkylation sites (tertiary alicyclic amines) is 1. The van der Waals surface area contributed by atoms with E-state index in [1.54, 1.807) is 65.3 Å². The van der Waals surface area contributed by atoms with Gasteiger partial charge < -0.3 is 29.7 Å². The first kappa shape index (κ1) is 42.2. The number of sulfonamides is 1. The molecule has 4 amide bonds. The number of alkyl carbamates (subject to hydrolysis) is 1. The molecular weight excluding hydrogens is 743 g/mol. The topological polar surface area (TPSA) is 199 Å². The van der Waals surface area contributed by atoms with Gasteiger partial charge in [0.25, 0.3) is 5.91 Å². The van der Waals surface area contributed by atoms with E-state index in [9.17, 15) is 32.4 Å². The summed E-state index contributed by atoms with van der Waals surface area (Å²) in [7, 11) is -2.39. The van der Waals surface area contributed by atoms with Gasteiger partial charge in [0.2, 0.25) is 27.7 Å². The molecule has 5 rings (SSSR count). The maximum Gasteiger partial charge on any atom is 0.408 e. The number of fused-ring (bicyclic) bond motifs is 1.